The third kappa shape index (κ3) is 4.10. The second-order valence-electron chi connectivity index (χ2n) is 10.7. The Hall–Kier alpha value is 1.00. The minimum atomic E-state index is -2.79. The molecule has 0 radical (unpaired) electrons. The smallest absolute Gasteiger partial charge is 0.303 e. The summed E-state index contributed by atoms with van der Waals surface area (Å²) in [6, 6.07) is 0. The van der Waals surface area contributed by atoms with Crippen LogP contribution in [0.25, 0.3) is 0 Å². The van der Waals surface area contributed by atoms with Crippen LogP contribution in [0.2, 0.25) is 82.8 Å². The van der Waals surface area contributed by atoms with Crippen LogP contribution in [0, 0.1) is 0 Å². The van der Waals surface area contributed by atoms with Crippen molar-refractivity contribution in [2.45, 2.75) is 89.8 Å². The van der Waals surface area contributed by atoms with Crippen LogP contribution in [-0.4, -0.2) is 44.9 Å². The number of hydrogen-bond acceptors (Lipinski definition) is 2. The summed E-state index contributed by atoms with van der Waals surface area (Å²) in [4.78, 5) is 12.2. The van der Waals surface area contributed by atoms with E-state index >= 15 is 0 Å². The highest BCUT2D eigenvalue weighted by Gasteiger charge is 2.69. The highest BCUT2D eigenvalue weighted by molar-refractivity contribution is 7.44. The van der Waals surface area contributed by atoms with Crippen molar-refractivity contribution in [2.24, 2.45) is 0 Å². The highest BCUT2D eigenvalue weighted by atomic mass is 29.3. The van der Waals surface area contributed by atoms with Crippen LogP contribution in [0.4, 0.5) is 0 Å². The molecule has 0 rings (SSSR count). The van der Waals surface area contributed by atoms with E-state index in [2.05, 4.69) is 85.5 Å². The Kier molecular flexibility index (Phi) is 6.10. The molecule has 0 saturated carbocycles. The minimum absolute atomic E-state index is 0.0672. The first-order chi connectivity index (χ1) is 8.71. The lowest BCUT2D eigenvalue weighted by Gasteiger charge is -2.61. The Morgan fingerprint density at radius 3 is 1.10 bits per heavy atom. The van der Waals surface area contributed by atoms with Gasteiger partial charge in [0.25, 0.3) is 0 Å². The molecule has 1 atom stereocenters. The third-order valence-electron chi connectivity index (χ3n) is 5.15. The summed E-state index contributed by atoms with van der Waals surface area (Å²) in [5.74, 6) is 0. The average Bonchev–Trinajstić information content (AvgIpc) is 2.07. The van der Waals surface area contributed by atoms with E-state index in [9.17, 15) is 4.80 Å². The molecular weight excluding hydrogens is 341 g/mol. The molecule has 0 saturated heterocycles. The van der Waals surface area contributed by atoms with Crippen molar-refractivity contribution in [1.29, 1.82) is 0 Å². The first-order valence-electron chi connectivity index (χ1n) is 8.13. The lowest BCUT2D eigenvalue weighted by Crippen LogP contribution is -2.79. The first-order valence-corrected chi connectivity index (χ1v) is 24.9. The van der Waals surface area contributed by atoms with Gasteiger partial charge in [0.1, 0.15) is 7.59 Å². The largest absolute Gasteiger partial charge is 0.438 e. The predicted molar refractivity (Wildman–Crippen MR) is 111 cm³/mol. The van der Waals surface area contributed by atoms with Crippen LogP contribution < -0.4 is 0 Å². The predicted octanol–water partition coefficient (Wildman–Crippen LogP) is 5.20. The molecule has 1 N–H and O–H groups in total. The van der Waals surface area contributed by atoms with Crippen molar-refractivity contribution in [3.63, 3.8) is 0 Å². The van der Waals surface area contributed by atoms with E-state index in [-0.39, 0.29) is 4.28 Å². The van der Waals surface area contributed by atoms with Gasteiger partial charge in [0.05, 0.1) is 16.1 Å². The van der Waals surface area contributed by atoms with E-state index in [1.165, 1.54) is 0 Å². The monoisotopic (exact) mass is 380 g/mol. The Morgan fingerprint density at radius 1 is 0.667 bits per heavy atom. The first kappa shape index (κ1) is 22.0. The van der Waals surface area contributed by atoms with Crippen molar-refractivity contribution in [1.82, 2.24) is 0 Å². The summed E-state index contributed by atoms with van der Waals surface area (Å²) < 4.78 is 6.84. The van der Waals surface area contributed by atoms with Gasteiger partial charge in [-0.3, -0.25) is 0 Å². The van der Waals surface area contributed by atoms with Crippen LogP contribution in [0.15, 0.2) is 0 Å². The standard InChI is InChI=1S/C14H40O2Si5/c1-14(17(2,3)4,18(5,6)7)21(15,20(11,12)13)16-19(8,9)10/h15H,1-13H3. The maximum atomic E-state index is 12.2. The number of hydrogen-bond donors (Lipinski definition) is 1. The molecular formula is C14H40O2Si5. The van der Waals surface area contributed by atoms with Gasteiger partial charge >= 0.3 is 8.08 Å². The van der Waals surface area contributed by atoms with Crippen molar-refractivity contribution >= 4 is 40.1 Å². The molecule has 2 nitrogen and oxygen atoms in total. The minimum Gasteiger partial charge on any atom is -0.438 e. The SMILES string of the molecule is CC([Si](C)(C)C)([Si](C)(C)C)[Si](O)(O[Si](C)(C)C)[Si](C)(C)C. The van der Waals surface area contributed by atoms with Gasteiger partial charge in [0.2, 0.25) is 0 Å². The molecule has 0 bridgehead atoms. The van der Waals surface area contributed by atoms with Gasteiger partial charge in [-0.1, -0.05) is 65.8 Å². The van der Waals surface area contributed by atoms with E-state index in [1.54, 1.807) is 0 Å². The van der Waals surface area contributed by atoms with Crippen molar-refractivity contribution < 1.29 is 8.91 Å². The van der Waals surface area contributed by atoms with Crippen LogP contribution in [0.1, 0.15) is 6.92 Å². The lowest BCUT2D eigenvalue weighted by atomic mass is 10.9. The van der Waals surface area contributed by atoms with E-state index in [0.717, 1.165) is 0 Å². The lowest BCUT2D eigenvalue weighted by molar-refractivity contribution is 0.378. The summed E-state index contributed by atoms with van der Waals surface area (Å²) in [5, 5.41) is 0. The third-order valence-corrected chi connectivity index (χ3v) is 39.2. The molecule has 0 aliphatic carbocycles. The fraction of sp³-hybridized carbons (Fsp3) is 1.00. The molecule has 1 unspecified atom stereocenters. The summed E-state index contributed by atoms with van der Waals surface area (Å²) in [6.07, 6.45) is 0. The molecule has 0 spiro atoms. The zero-order valence-electron chi connectivity index (χ0n) is 16.9. The second-order valence-corrected chi connectivity index (χ2v) is 41.6. The average molecular weight is 381 g/mol. The maximum absolute atomic E-state index is 12.2. The van der Waals surface area contributed by atoms with Crippen molar-refractivity contribution in [2.75, 3.05) is 0 Å². The van der Waals surface area contributed by atoms with Gasteiger partial charge in [-0.2, -0.15) is 0 Å². The molecule has 7 heteroatoms. The molecule has 0 aromatic heterocycles. The van der Waals surface area contributed by atoms with Gasteiger partial charge in [-0.05, 0) is 23.9 Å². The van der Waals surface area contributed by atoms with E-state index in [1.807, 2.05) is 0 Å². The summed E-state index contributed by atoms with van der Waals surface area (Å²) >= 11 is 0. The molecule has 0 aliphatic heterocycles. The summed E-state index contributed by atoms with van der Waals surface area (Å²) in [6.45, 7) is 30.8. The molecule has 0 aliphatic rings. The quantitative estimate of drug-likeness (QED) is 0.641. The highest BCUT2D eigenvalue weighted by Crippen LogP contribution is 2.55. The van der Waals surface area contributed by atoms with Gasteiger partial charge < -0.3 is 8.91 Å². The zero-order chi connectivity index (χ0) is 17.7. The molecule has 0 fully saturated rings. The molecule has 0 heterocycles. The van der Waals surface area contributed by atoms with Crippen LogP contribution in [-0.2, 0) is 4.12 Å². The fourth-order valence-electron chi connectivity index (χ4n) is 3.59. The molecule has 0 aromatic carbocycles. The van der Waals surface area contributed by atoms with E-state index < -0.39 is 40.1 Å². The summed E-state index contributed by atoms with van der Waals surface area (Å²) in [5.41, 5.74) is 0. The second kappa shape index (κ2) is 5.82. The summed E-state index contributed by atoms with van der Waals surface area (Å²) in [7, 11) is -9.54. The Balaban J connectivity index is 6.49. The Bertz CT molecular complexity index is 357. The van der Waals surface area contributed by atoms with Gasteiger partial charge in [-0.15, -0.1) is 0 Å². The number of rotatable bonds is 6. The van der Waals surface area contributed by atoms with Crippen LogP contribution >= 0.6 is 0 Å². The topological polar surface area (TPSA) is 29.5 Å². The van der Waals surface area contributed by atoms with E-state index in [4.69, 9.17) is 4.12 Å². The van der Waals surface area contributed by atoms with Gasteiger partial charge in [0.15, 0.2) is 8.32 Å². The normalized spacial score (nSPS) is 18.6. The molecule has 128 valence electrons. The van der Waals surface area contributed by atoms with Crippen molar-refractivity contribution in [3.05, 3.63) is 0 Å². The molecule has 0 amide bonds. The Labute approximate surface area is 138 Å². The zero-order valence-corrected chi connectivity index (χ0v) is 21.9. The van der Waals surface area contributed by atoms with Crippen molar-refractivity contribution in [3.8, 4) is 0 Å². The Morgan fingerprint density at radius 2 is 0.952 bits per heavy atom. The molecule has 21 heavy (non-hydrogen) atoms. The van der Waals surface area contributed by atoms with E-state index in [0.29, 0.717) is 0 Å². The molecule has 0 aromatic rings. The van der Waals surface area contributed by atoms with Gasteiger partial charge in [-0.25, -0.2) is 0 Å². The van der Waals surface area contributed by atoms with Gasteiger partial charge in [0, 0.05) is 0 Å². The fourth-order valence-corrected chi connectivity index (χ4v) is 52.2. The maximum Gasteiger partial charge on any atom is 0.303 e. The van der Waals surface area contributed by atoms with Crippen LogP contribution in [0.3, 0.4) is 0 Å². The van der Waals surface area contributed by atoms with Crippen LogP contribution in [0.5, 0.6) is 0 Å².